The molecule has 1 aromatic carbocycles. The van der Waals surface area contributed by atoms with Crippen molar-refractivity contribution in [3.63, 3.8) is 0 Å². The molecule has 18 heavy (non-hydrogen) atoms. The summed E-state index contributed by atoms with van der Waals surface area (Å²) < 4.78 is 5.24. The van der Waals surface area contributed by atoms with E-state index in [2.05, 4.69) is 0 Å². The number of carboxylic acids is 1. The normalized spacial score (nSPS) is 14.3. The van der Waals surface area contributed by atoms with E-state index in [0.29, 0.717) is 11.3 Å². The summed E-state index contributed by atoms with van der Waals surface area (Å²) >= 11 is 0. The van der Waals surface area contributed by atoms with E-state index in [1.165, 1.54) is 0 Å². The first-order valence-corrected chi connectivity index (χ1v) is 6.01. The molecule has 1 unspecified atom stereocenters. The molecule has 4 nitrogen and oxygen atoms in total. The van der Waals surface area contributed by atoms with Gasteiger partial charge in [-0.2, -0.15) is 0 Å². The molecule has 0 aliphatic heterocycles. The van der Waals surface area contributed by atoms with Crippen LogP contribution in [-0.4, -0.2) is 23.3 Å². The van der Waals surface area contributed by atoms with E-state index in [9.17, 15) is 9.90 Å². The molecule has 4 heteroatoms. The maximum Gasteiger partial charge on any atom is 0.340 e. The van der Waals surface area contributed by atoms with Crippen molar-refractivity contribution in [3.8, 4) is 5.75 Å². The number of aliphatic carboxylic acids is 1. The lowest BCUT2D eigenvalue weighted by Gasteiger charge is -2.24. The monoisotopic (exact) mass is 252 g/mol. The fraction of sp³-hybridized carbons (Fsp3) is 0.500. The molecule has 0 saturated heterocycles. The number of carboxylic acid groups (broad SMARTS) is 1. The van der Waals surface area contributed by atoms with Gasteiger partial charge >= 0.3 is 5.97 Å². The third kappa shape index (κ3) is 2.48. The van der Waals surface area contributed by atoms with Gasteiger partial charge in [0.05, 0.1) is 7.11 Å². The van der Waals surface area contributed by atoms with Crippen LogP contribution in [0, 0.1) is 0 Å². The third-order valence-corrected chi connectivity index (χ3v) is 3.19. The molecule has 1 rings (SSSR count). The molecule has 0 spiro atoms. The fourth-order valence-corrected chi connectivity index (χ4v) is 1.92. The van der Waals surface area contributed by atoms with Crippen molar-refractivity contribution in [3.05, 3.63) is 29.3 Å². The summed E-state index contributed by atoms with van der Waals surface area (Å²) in [5.74, 6) is -0.336. The van der Waals surface area contributed by atoms with Gasteiger partial charge in [-0.05, 0) is 35.6 Å². The minimum absolute atomic E-state index is 0.117. The minimum atomic E-state index is -1.84. The highest BCUT2D eigenvalue weighted by Crippen LogP contribution is 2.33. The molecule has 0 fully saturated rings. The lowest BCUT2D eigenvalue weighted by atomic mass is 9.88. The maximum atomic E-state index is 11.2. The second-order valence-electron chi connectivity index (χ2n) is 4.63. The van der Waals surface area contributed by atoms with Gasteiger partial charge in [0.2, 0.25) is 0 Å². The Balaban J connectivity index is 3.35. The predicted octanol–water partition coefficient (Wildman–Crippen LogP) is 2.50. The quantitative estimate of drug-likeness (QED) is 0.845. The van der Waals surface area contributed by atoms with Gasteiger partial charge in [0, 0.05) is 0 Å². The molecule has 1 atom stereocenters. The number of hydrogen-bond donors (Lipinski definition) is 2. The first kappa shape index (κ1) is 14.5. The van der Waals surface area contributed by atoms with Gasteiger partial charge in [-0.25, -0.2) is 4.79 Å². The standard InChI is InChI=1S/C14H20O4/c1-5-14(17,13(15)16)10-6-7-12(18-4)11(8-10)9(2)3/h6-9,17H,5H2,1-4H3,(H,15,16). The van der Waals surface area contributed by atoms with Crippen LogP contribution in [0.3, 0.4) is 0 Å². The summed E-state index contributed by atoms with van der Waals surface area (Å²) in [4.78, 5) is 11.2. The first-order chi connectivity index (χ1) is 8.36. The Morgan fingerprint density at radius 1 is 1.44 bits per heavy atom. The number of carbonyl (C=O) groups is 1. The van der Waals surface area contributed by atoms with Gasteiger partial charge in [0.15, 0.2) is 5.60 Å². The third-order valence-electron chi connectivity index (χ3n) is 3.19. The molecule has 0 heterocycles. The Kier molecular flexibility index (Phi) is 4.35. The molecule has 0 radical (unpaired) electrons. The molecule has 0 aromatic heterocycles. The van der Waals surface area contributed by atoms with Crippen molar-refractivity contribution < 1.29 is 19.7 Å². The first-order valence-electron chi connectivity index (χ1n) is 6.01. The lowest BCUT2D eigenvalue weighted by Crippen LogP contribution is -2.34. The topological polar surface area (TPSA) is 66.8 Å². The van der Waals surface area contributed by atoms with Crippen LogP contribution in [0.5, 0.6) is 5.75 Å². The van der Waals surface area contributed by atoms with Crippen LogP contribution >= 0.6 is 0 Å². The molecule has 2 N–H and O–H groups in total. The smallest absolute Gasteiger partial charge is 0.340 e. The van der Waals surface area contributed by atoms with E-state index >= 15 is 0 Å². The van der Waals surface area contributed by atoms with Crippen molar-refractivity contribution in [2.24, 2.45) is 0 Å². The Morgan fingerprint density at radius 2 is 2.06 bits per heavy atom. The number of hydrogen-bond acceptors (Lipinski definition) is 3. The Hall–Kier alpha value is -1.55. The average Bonchev–Trinajstić information content (AvgIpc) is 2.36. The second kappa shape index (κ2) is 5.40. The van der Waals surface area contributed by atoms with E-state index in [-0.39, 0.29) is 12.3 Å². The van der Waals surface area contributed by atoms with Crippen molar-refractivity contribution in [1.82, 2.24) is 0 Å². The zero-order valence-corrected chi connectivity index (χ0v) is 11.2. The highest BCUT2D eigenvalue weighted by Gasteiger charge is 2.36. The summed E-state index contributed by atoms with van der Waals surface area (Å²) in [6.07, 6.45) is 0.117. The Bertz CT molecular complexity index is 439. The number of ether oxygens (including phenoxy) is 1. The van der Waals surface area contributed by atoms with Gasteiger partial charge in [-0.1, -0.05) is 26.8 Å². The van der Waals surface area contributed by atoms with Crippen molar-refractivity contribution >= 4 is 5.97 Å². The Morgan fingerprint density at radius 3 is 2.44 bits per heavy atom. The van der Waals surface area contributed by atoms with E-state index < -0.39 is 11.6 Å². The highest BCUT2D eigenvalue weighted by molar-refractivity contribution is 5.79. The number of benzene rings is 1. The predicted molar refractivity (Wildman–Crippen MR) is 68.9 cm³/mol. The van der Waals surface area contributed by atoms with E-state index in [1.807, 2.05) is 13.8 Å². The van der Waals surface area contributed by atoms with E-state index in [4.69, 9.17) is 9.84 Å². The van der Waals surface area contributed by atoms with E-state index in [1.54, 1.807) is 32.2 Å². The molecule has 1 aromatic rings. The minimum Gasteiger partial charge on any atom is -0.496 e. The van der Waals surface area contributed by atoms with Crippen molar-refractivity contribution in [2.75, 3.05) is 7.11 Å². The van der Waals surface area contributed by atoms with Gasteiger partial charge in [0.1, 0.15) is 5.75 Å². The zero-order valence-electron chi connectivity index (χ0n) is 11.2. The van der Waals surface area contributed by atoms with Crippen LogP contribution in [0.2, 0.25) is 0 Å². The van der Waals surface area contributed by atoms with Crippen LogP contribution in [0.4, 0.5) is 0 Å². The molecule has 0 saturated carbocycles. The molecule has 100 valence electrons. The highest BCUT2D eigenvalue weighted by atomic mass is 16.5. The lowest BCUT2D eigenvalue weighted by molar-refractivity contribution is -0.160. The summed E-state index contributed by atoms with van der Waals surface area (Å²) in [7, 11) is 1.57. The summed E-state index contributed by atoms with van der Waals surface area (Å²) in [5.41, 5.74) is -0.555. The molecular formula is C14H20O4. The second-order valence-corrected chi connectivity index (χ2v) is 4.63. The van der Waals surface area contributed by atoms with Crippen LogP contribution < -0.4 is 4.74 Å². The molecule has 0 aliphatic carbocycles. The van der Waals surface area contributed by atoms with Gasteiger partial charge in [-0.15, -0.1) is 0 Å². The van der Waals surface area contributed by atoms with Crippen molar-refractivity contribution in [1.29, 1.82) is 0 Å². The number of methoxy groups -OCH3 is 1. The fourth-order valence-electron chi connectivity index (χ4n) is 1.92. The average molecular weight is 252 g/mol. The SMILES string of the molecule is CCC(O)(C(=O)O)c1ccc(OC)c(C(C)C)c1. The molecular weight excluding hydrogens is 232 g/mol. The van der Waals surface area contributed by atoms with Gasteiger partial charge in [0.25, 0.3) is 0 Å². The largest absolute Gasteiger partial charge is 0.496 e. The number of rotatable bonds is 5. The van der Waals surface area contributed by atoms with E-state index in [0.717, 1.165) is 5.56 Å². The van der Waals surface area contributed by atoms with Crippen LogP contribution in [0.1, 0.15) is 44.2 Å². The zero-order chi connectivity index (χ0) is 13.9. The summed E-state index contributed by atoms with van der Waals surface area (Å²) in [5, 5.41) is 19.4. The van der Waals surface area contributed by atoms with Crippen LogP contribution in [-0.2, 0) is 10.4 Å². The summed E-state index contributed by atoms with van der Waals surface area (Å²) in [6, 6.07) is 5.01. The van der Waals surface area contributed by atoms with Gasteiger partial charge < -0.3 is 14.9 Å². The summed E-state index contributed by atoms with van der Waals surface area (Å²) in [6.45, 7) is 5.63. The molecule has 0 amide bonds. The van der Waals surface area contributed by atoms with Crippen LogP contribution in [0.15, 0.2) is 18.2 Å². The number of aliphatic hydroxyl groups is 1. The van der Waals surface area contributed by atoms with Gasteiger partial charge in [-0.3, -0.25) is 0 Å². The molecule has 0 aliphatic rings. The maximum absolute atomic E-state index is 11.2. The Labute approximate surface area is 107 Å². The van der Waals surface area contributed by atoms with Crippen LogP contribution in [0.25, 0.3) is 0 Å². The molecule has 0 bridgehead atoms. The van der Waals surface area contributed by atoms with Crippen molar-refractivity contribution in [2.45, 2.75) is 38.7 Å².